The second-order valence-electron chi connectivity index (χ2n) is 4.55. The van der Waals surface area contributed by atoms with Gasteiger partial charge >= 0.3 is 5.97 Å². The maximum Gasteiger partial charge on any atom is 0.311 e. The molecule has 2 heterocycles. The molecule has 0 fully saturated rings. The molecule has 8 heteroatoms. The maximum atomic E-state index is 11.6. The van der Waals surface area contributed by atoms with Crippen molar-refractivity contribution in [2.24, 2.45) is 5.41 Å². The van der Waals surface area contributed by atoms with E-state index in [1.165, 1.54) is 11.3 Å². The van der Waals surface area contributed by atoms with Crippen molar-refractivity contribution >= 4 is 33.2 Å². The third kappa shape index (κ3) is 2.62. The standard InChI is InChI=1S/C12H15BrN4O2S/c1-3-12(4-2,11(18)19)7-17-10(14-15-16-17)9-8(13)5-6-20-9/h5-6H,3-4,7H2,1-2H3,(H,18,19). The predicted octanol–water partition coefficient (Wildman–Crippen LogP) is 3.06. The van der Waals surface area contributed by atoms with Crippen molar-refractivity contribution in [1.82, 2.24) is 20.2 Å². The molecule has 108 valence electrons. The Hall–Kier alpha value is -1.28. The molecule has 0 aliphatic rings. The van der Waals surface area contributed by atoms with Crippen LogP contribution in [0.2, 0.25) is 0 Å². The fourth-order valence-electron chi connectivity index (χ4n) is 2.06. The van der Waals surface area contributed by atoms with E-state index in [0.29, 0.717) is 18.7 Å². The van der Waals surface area contributed by atoms with Crippen LogP contribution in [0.25, 0.3) is 10.7 Å². The summed E-state index contributed by atoms with van der Waals surface area (Å²) in [5.74, 6) is -0.214. The van der Waals surface area contributed by atoms with E-state index >= 15 is 0 Å². The lowest BCUT2D eigenvalue weighted by molar-refractivity contribution is -0.150. The zero-order valence-electron chi connectivity index (χ0n) is 11.2. The number of hydrogen-bond donors (Lipinski definition) is 1. The zero-order chi connectivity index (χ0) is 14.8. The van der Waals surface area contributed by atoms with Crippen LogP contribution in [0.5, 0.6) is 0 Å². The minimum absolute atomic E-state index is 0.266. The Kier molecular flexibility index (Phi) is 4.54. The first-order chi connectivity index (χ1) is 9.54. The van der Waals surface area contributed by atoms with Crippen molar-refractivity contribution in [3.05, 3.63) is 15.9 Å². The Morgan fingerprint density at radius 2 is 2.20 bits per heavy atom. The Morgan fingerprint density at radius 3 is 2.70 bits per heavy atom. The Labute approximate surface area is 128 Å². The molecule has 0 bridgehead atoms. The lowest BCUT2D eigenvalue weighted by Gasteiger charge is -2.26. The van der Waals surface area contributed by atoms with Crippen LogP contribution < -0.4 is 0 Å². The number of halogens is 1. The molecular formula is C12H15BrN4O2S. The molecule has 0 amide bonds. The van der Waals surface area contributed by atoms with Crippen molar-refractivity contribution in [3.8, 4) is 10.7 Å². The molecule has 20 heavy (non-hydrogen) atoms. The van der Waals surface area contributed by atoms with E-state index in [4.69, 9.17) is 0 Å². The highest BCUT2D eigenvalue weighted by atomic mass is 79.9. The van der Waals surface area contributed by atoms with Gasteiger partial charge in [0.05, 0.1) is 16.8 Å². The number of hydrogen-bond acceptors (Lipinski definition) is 5. The van der Waals surface area contributed by atoms with Crippen LogP contribution in [0.3, 0.4) is 0 Å². The fourth-order valence-corrected chi connectivity index (χ4v) is 3.59. The van der Waals surface area contributed by atoms with Gasteiger partial charge in [0.25, 0.3) is 0 Å². The molecule has 0 spiro atoms. The summed E-state index contributed by atoms with van der Waals surface area (Å²) in [6.45, 7) is 4.02. The predicted molar refractivity (Wildman–Crippen MR) is 79.5 cm³/mol. The summed E-state index contributed by atoms with van der Waals surface area (Å²) in [6, 6.07) is 1.92. The Morgan fingerprint density at radius 1 is 1.50 bits per heavy atom. The first kappa shape index (κ1) is 15.1. The highest BCUT2D eigenvalue weighted by Gasteiger charge is 2.36. The summed E-state index contributed by atoms with van der Waals surface area (Å²) < 4.78 is 2.49. The van der Waals surface area contributed by atoms with Gasteiger partial charge in [0, 0.05) is 4.47 Å². The fraction of sp³-hybridized carbons (Fsp3) is 0.500. The van der Waals surface area contributed by atoms with E-state index in [-0.39, 0.29) is 6.54 Å². The lowest BCUT2D eigenvalue weighted by atomic mass is 9.82. The van der Waals surface area contributed by atoms with Crippen molar-refractivity contribution in [2.45, 2.75) is 33.2 Å². The van der Waals surface area contributed by atoms with Crippen LogP contribution in [-0.2, 0) is 11.3 Å². The SMILES string of the molecule is CCC(CC)(Cn1nnnc1-c1sccc1Br)C(=O)O. The quantitative estimate of drug-likeness (QED) is 0.857. The molecule has 6 nitrogen and oxygen atoms in total. The first-order valence-corrected chi connectivity index (χ1v) is 7.94. The number of rotatable bonds is 6. The van der Waals surface area contributed by atoms with Crippen LogP contribution in [-0.4, -0.2) is 31.3 Å². The van der Waals surface area contributed by atoms with E-state index in [2.05, 4.69) is 31.5 Å². The molecule has 0 aliphatic carbocycles. The van der Waals surface area contributed by atoms with E-state index in [9.17, 15) is 9.90 Å². The van der Waals surface area contributed by atoms with E-state index in [0.717, 1.165) is 9.35 Å². The molecular weight excluding hydrogens is 344 g/mol. The van der Waals surface area contributed by atoms with E-state index in [1.807, 2.05) is 25.3 Å². The van der Waals surface area contributed by atoms with Gasteiger partial charge in [-0.3, -0.25) is 4.79 Å². The topological polar surface area (TPSA) is 80.9 Å². The summed E-state index contributed by atoms with van der Waals surface area (Å²) in [7, 11) is 0. The summed E-state index contributed by atoms with van der Waals surface area (Å²) in [5.41, 5.74) is -0.839. The number of carboxylic acids is 1. The molecule has 0 atom stereocenters. The number of tetrazole rings is 1. The average Bonchev–Trinajstić information content (AvgIpc) is 3.04. The Bertz CT molecular complexity index is 606. The molecule has 0 unspecified atom stereocenters. The molecule has 2 aromatic heterocycles. The minimum Gasteiger partial charge on any atom is -0.481 e. The maximum absolute atomic E-state index is 11.6. The number of aromatic nitrogens is 4. The summed E-state index contributed by atoms with van der Waals surface area (Å²) in [6.07, 6.45) is 1.06. The van der Waals surface area contributed by atoms with Gasteiger partial charge < -0.3 is 5.11 Å². The van der Waals surface area contributed by atoms with Crippen molar-refractivity contribution < 1.29 is 9.90 Å². The molecule has 1 N–H and O–H groups in total. The van der Waals surface area contributed by atoms with Crippen LogP contribution in [0.4, 0.5) is 0 Å². The van der Waals surface area contributed by atoms with Gasteiger partial charge in [-0.1, -0.05) is 13.8 Å². The van der Waals surface area contributed by atoms with Crippen LogP contribution in [0.1, 0.15) is 26.7 Å². The van der Waals surface area contributed by atoms with Crippen LogP contribution in [0, 0.1) is 5.41 Å². The van der Waals surface area contributed by atoms with Gasteiger partial charge in [0.2, 0.25) is 0 Å². The Balaban J connectivity index is 2.38. The number of nitrogens with zero attached hydrogens (tertiary/aromatic N) is 4. The number of thiophene rings is 1. The van der Waals surface area contributed by atoms with Gasteiger partial charge in [-0.25, -0.2) is 4.68 Å². The van der Waals surface area contributed by atoms with Crippen molar-refractivity contribution in [3.63, 3.8) is 0 Å². The first-order valence-electron chi connectivity index (χ1n) is 6.27. The van der Waals surface area contributed by atoms with Crippen LogP contribution >= 0.6 is 27.3 Å². The van der Waals surface area contributed by atoms with Gasteiger partial charge in [-0.15, -0.1) is 16.4 Å². The number of aliphatic carboxylic acids is 1. The number of carbonyl (C=O) groups is 1. The summed E-state index contributed by atoms with van der Waals surface area (Å²) in [5, 5.41) is 23.1. The van der Waals surface area contributed by atoms with E-state index in [1.54, 1.807) is 4.68 Å². The molecule has 0 radical (unpaired) electrons. The van der Waals surface area contributed by atoms with Crippen molar-refractivity contribution in [2.75, 3.05) is 0 Å². The third-order valence-electron chi connectivity index (χ3n) is 3.61. The van der Waals surface area contributed by atoms with E-state index < -0.39 is 11.4 Å². The van der Waals surface area contributed by atoms with Gasteiger partial charge in [0.15, 0.2) is 5.82 Å². The normalized spacial score (nSPS) is 11.8. The molecule has 0 aromatic carbocycles. The molecule has 2 aromatic rings. The lowest BCUT2D eigenvalue weighted by Crippen LogP contribution is -2.35. The highest BCUT2D eigenvalue weighted by molar-refractivity contribution is 9.10. The molecule has 0 aliphatic heterocycles. The number of carboxylic acid groups (broad SMARTS) is 1. The van der Waals surface area contributed by atoms with Crippen molar-refractivity contribution in [1.29, 1.82) is 0 Å². The average molecular weight is 359 g/mol. The third-order valence-corrected chi connectivity index (χ3v) is 5.45. The van der Waals surface area contributed by atoms with Gasteiger partial charge in [0.1, 0.15) is 0 Å². The molecule has 2 rings (SSSR count). The van der Waals surface area contributed by atoms with Gasteiger partial charge in [-0.05, 0) is 50.6 Å². The minimum atomic E-state index is -0.839. The largest absolute Gasteiger partial charge is 0.481 e. The summed E-state index contributed by atoms with van der Waals surface area (Å²) >= 11 is 4.96. The summed E-state index contributed by atoms with van der Waals surface area (Å²) in [4.78, 5) is 12.5. The zero-order valence-corrected chi connectivity index (χ0v) is 13.6. The second kappa shape index (κ2) is 6.01. The van der Waals surface area contributed by atoms with Gasteiger partial charge in [-0.2, -0.15) is 0 Å². The van der Waals surface area contributed by atoms with Crippen LogP contribution in [0.15, 0.2) is 15.9 Å². The smallest absolute Gasteiger partial charge is 0.311 e. The highest BCUT2D eigenvalue weighted by Crippen LogP contribution is 2.34. The monoisotopic (exact) mass is 358 g/mol. The molecule has 0 saturated carbocycles. The second-order valence-corrected chi connectivity index (χ2v) is 6.32. The molecule has 0 saturated heterocycles.